The van der Waals surface area contributed by atoms with Gasteiger partial charge in [0.25, 0.3) is 5.91 Å². The van der Waals surface area contributed by atoms with Crippen molar-refractivity contribution in [2.24, 2.45) is 0 Å². The molecular formula is C23H25ClN4OS. The lowest BCUT2D eigenvalue weighted by Crippen LogP contribution is -2.29. The maximum Gasteiger partial charge on any atom is 0.259 e. The fraction of sp³-hybridized carbons (Fsp3) is 0.304. The predicted octanol–water partition coefficient (Wildman–Crippen LogP) is 5.28. The van der Waals surface area contributed by atoms with E-state index in [0.717, 1.165) is 53.5 Å². The second kappa shape index (κ2) is 9.25. The molecule has 156 valence electrons. The van der Waals surface area contributed by atoms with Gasteiger partial charge in [-0.25, -0.2) is 4.68 Å². The van der Waals surface area contributed by atoms with Gasteiger partial charge in [-0.15, -0.1) is 11.8 Å². The van der Waals surface area contributed by atoms with Crippen LogP contribution in [0.4, 0.5) is 5.69 Å². The Morgan fingerprint density at radius 3 is 2.77 bits per heavy atom. The highest BCUT2D eigenvalue weighted by Crippen LogP contribution is 2.32. The first-order valence-corrected chi connectivity index (χ1v) is 11.7. The number of anilines is 1. The van der Waals surface area contributed by atoms with Crippen molar-refractivity contribution in [3.63, 3.8) is 0 Å². The first-order chi connectivity index (χ1) is 14.6. The number of rotatable bonds is 5. The van der Waals surface area contributed by atoms with Gasteiger partial charge in [-0.1, -0.05) is 23.7 Å². The van der Waals surface area contributed by atoms with Crippen LogP contribution in [0.2, 0.25) is 5.02 Å². The van der Waals surface area contributed by atoms with Crippen LogP contribution in [0.25, 0.3) is 5.69 Å². The Labute approximate surface area is 186 Å². The number of benzene rings is 2. The van der Waals surface area contributed by atoms with Crippen LogP contribution in [0, 0.1) is 6.92 Å². The molecule has 2 N–H and O–H groups in total. The maximum absolute atomic E-state index is 13.2. The number of nitrogens with zero attached hydrogens (tertiary/aromatic N) is 2. The average Bonchev–Trinajstić information content (AvgIpc) is 3.22. The van der Waals surface area contributed by atoms with E-state index in [0.29, 0.717) is 10.6 Å². The summed E-state index contributed by atoms with van der Waals surface area (Å²) < 4.78 is 1.88. The smallest absolute Gasteiger partial charge is 0.259 e. The van der Waals surface area contributed by atoms with Gasteiger partial charge in [0, 0.05) is 21.5 Å². The van der Waals surface area contributed by atoms with E-state index in [2.05, 4.69) is 15.7 Å². The highest BCUT2D eigenvalue weighted by molar-refractivity contribution is 7.98. The number of piperidine rings is 1. The summed E-state index contributed by atoms with van der Waals surface area (Å²) in [6.07, 6.45) is 5.63. The molecule has 1 fully saturated rings. The van der Waals surface area contributed by atoms with Crippen LogP contribution in [0.15, 0.2) is 53.6 Å². The Balaban J connectivity index is 1.72. The van der Waals surface area contributed by atoms with Gasteiger partial charge in [0.15, 0.2) is 0 Å². The lowest BCUT2D eigenvalue weighted by Gasteiger charge is -2.25. The number of carbonyl (C=O) groups is 1. The van der Waals surface area contributed by atoms with Crippen LogP contribution in [0.1, 0.15) is 40.4 Å². The zero-order valence-electron chi connectivity index (χ0n) is 17.1. The van der Waals surface area contributed by atoms with Gasteiger partial charge < -0.3 is 10.6 Å². The normalized spacial score (nSPS) is 14.6. The van der Waals surface area contributed by atoms with Crippen LogP contribution in [0.3, 0.4) is 0 Å². The minimum atomic E-state index is -0.133. The van der Waals surface area contributed by atoms with Gasteiger partial charge in [-0.05, 0) is 75.0 Å². The molecule has 0 unspecified atom stereocenters. The molecule has 0 bridgehead atoms. The van der Waals surface area contributed by atoms with Gasteiger partial charge in [-0.2, -0.15) is 5.10 Å². The molecule has 7 heteroatoms. The van der Waals surface area contributed by atoms with E-state index in [4.69, 9.17) is 11.6 Å². The third-order valence-electron chi connectivity index (χ3n) is 5.50. The molecule has 30 heavy (non-hydrogen) atoms. The summed E-state index contributed by atoms with van der Waals surface area (Å²) in [5.41, 5.74) is 4.25. The summed E-state index contributed by atoms with van der Waals surface area (Å²) in [5.74, 6) is 0.123. The quantitative estimate of drug-likeness (QED) is 0.530. The highest BCUT2D eigenvalue weighted by Gasteiger charge is 2.27. The van der Waals surface area contributed by atoms with Crippen molar-refractivity contribution in [3.05, 3.63) is 70.5 Å². The van der Waals surface area contributed by atoms with Crippen molar-refractivity contribution in [2.75, 3.05) is 24.7 Å². The fourth-order valence-electron chi connectivity index (χ4n) is 3.84. The van der Waals surface area contributed by atoms with Crippen LogP contribution in [-0.4, -0.2) is 35.0 Å². The van der Waals surface area contributed by atoms with E-state index in [1.807, 2.05) is 60.3 Å². The first kappa shape index (κ1) is 21.0. The van der Waals surface area contributed by atoms with Crippen LogP contribution >= 0.6 is 23.4 Å². The number of halogens is 1. The zero-order valence-corrected chi connectivity index (χ0v) is 18.7. The van der Waals surface area contributed by atoms with Crippen molar-refractivity contribution in [2.45, 2.75) is 30.6 Å². The lowest BCUT2D eigenvalue weighted by atomic mass is 9.91. The maximum atomic E-state index is 13.2. The van der Waals surface area contributed by atoms with Gasteiger partial charge >= 0.3 is 0 Å². The number of amides is 1. The molecule has 1 aliphatic rings. The fourth-order valence-corrected chi connectivity index (χ4v) is 4.47. The Kier molecular flexibility index (Phi) is 6.46. The summed E-state index contributed by atoms with van der Waals surface area (Å²) >= 11 is 8.02. The summed E-state index contributed by atoms with van der Waals surface area (Å²) in [5, 5.41) is 11.7. The lowest BCUT2D eigenvalue weighted by molar-refractivity contribution is 0.102. The van der Waals surface area contributed by atoms with E-state index >= 15 is 0 Å². The average molecular weight is 441 g/mol. The minimum absolute atomic E-state index is 0.133. The van der Waals surface area contributed by atoms with Gasteiger partial charge in [0.1, 0.15) is 0 Å². The number of aromatic nitrogens is 2. The number of aryl methyl sites for hydroxylation is 1. The molecule has 0 saturated carbocycles. The van der Waals surface area contributed by atoms with E-state index in [1.165, 1.54) is 0 Å². The van der Waals surface area contributed by atoms with E-state index in [9.17, 15) is 4.79 Å². The van der Waals surface area contributed by atoms with Gasteiger partial charge in [-0.3, -0.25) is 4.79 Å². The Morgan fingerprint density at radius 2 is 2.03 bits per heavy atom. The third-order valence-corrected chi connectivity index (χ3v) is 6.64. The third kappa shape index (κ3) is 4.41. The molecule has 1 amide bonds. The number of hydrogen-bond donors (Lipinski definition) is 2. The van der Waals surface area contributed by atoms with E-state index in [1.54, 1.807) is 18.0 Å². The minimum Gasteiger partial charge on any atom is -0.322 e. The summed E-state index contributed by atoms with van der Waals surface area (Å²) in [6, 6.07) is 13.8. The number of hydrogen-bond acceptors (Lipinski definition) is 4. The zero-order chi connectivity index (χ0) is 21.1. The SMILES string of the molecule is CSc1cccc(NC(=O)c2cnn(-c3ccc(C)c(Cl)c3)c2C2CCNCC2)c1. The molecule has 1 saturated heterocycles. The Hall–Kier alpha value is -2.28. The number of thioether (sulfide) groups is 1. The monoisotopic (exact) mass is 440 g/mol. The molecule has 1 aliphatic heterocycles. The molecule has 5 nitrogen and oxygen atoms in total. The molecule has 2 heterocycles. The molecule has 3 aromatic rings. The Bertz CT molecular complexity index is 1060. The molecule has 2 aromatic carbocycles. The molecule has 1 aromatic heterocycles. The topological polar surface area (TPSA) is 59.0 Å². The van der Waals surface area contributed by atoms with Crippen LogP contribution in [-0.2, 0) is 0 Å². The van der Waals surface area contributed by atoms with Crippen molar-refractivity contribution in [1.29, 1.82) is 0 Å². The van der Waals surface area contributed by atoms with Crippen molar-refractivity contribution < 1.29 is 4.79 Å². The summed E-state index contributed by atoms with van der Waals surface area (Å²) in [6.45, 7) is 3.84. The molecule has 0 aliphatic carbocycles. The van der Waals surface area contributed by atoms with Crippen molar-refractivity contribution in [3.8, 4) is 5.69 Å². The van der Waals surface area contributed by atoms with Crippen molar-refractivity contribution in [1.82, 2.24) is 15.1 Å². The van der Waals surface area contributed by atoms with E-state index in [-0.39, 0.29) is 11.8 Å². The van der Waals surface area contributed by atoms with Gasteiger partial charge in [0.2, 0.25) is 0 Å². The van der Waals surface area contributed by atoms with Gasteiger partial charge in [0.05, 0.1) is 23.1 Å². The first-order valence-electron chi connectivity index (χ1n) is 10.1. The summed E-state index contributed by atoms with van der Waals surface area (Å²) in [4.78, 5) is 14.3. The van der Waals surface area contributed by atoms with Crippen molar-refractivity contribution >= 4 is 35.0 Å². The largest absolute Gasteiger partial charge is 0.322 e. The second-order valence-corrected chi connectivity index (χ2v) is 8.79. The number of carbonyl (C=O) groups excluding carboxylic acids is 1. The summed E-state index contributed by atoms with van der Waals surface area (Å²) in [7, 11) is 0. The second-order valence-electron chi connectivity index (χ2n) is 7.50. The predicted molar refractivity (Wildman–Crippen MR) is 124 cm³/mol. The molecular weight excluding hydrogens is 416 g/mol. The molecule has 0 atom stereocenters. The standard InChI is InChI=1S/C23H25ClN4OS/c1-15-6-7-18(13-21(15)24)28-22(16-8-10-25-11-9-16)20(14-26-28)23(29)27-17-4-3-5-19(12-17)30-2/h3-7,12-14,16,25H,8-11H2,1-2H3,(H,27,29). The van der Waals surface area contributed by atoms with E-state index < -0.39 is 0 Å². The van der Waals surface area contributed by atoms with Crippen LogP contribution in [0.5, 0.6) is 0 Å². The highest BCUT2D eigenvalue weighted by atomic mass is 35.5. The Morgan fingerprint density at radius 1 is 1.23 bits per heavy atom. The molecule has 4 rings (SSSR count). The van der Waals surface area contributed by atoms with Crippen LogP contribution < -0.4 is 10.6 Å². The molecule has 0 radical (unpaired) electrons. The molecule has 0 spiro atoms. The number of nitrogens with one attached hydrogen (secondary N) is 2.